The largest absolute Gasteiger partial charge is 0.481 e. The van der Waals surface area contributed by atoms with Crippen molar-refractivity contribution in [2.45, 2.75) is 6.54 Å². The molecule has 7 heteroatoms. The average molecular weight is 529 g/mol. The number of fused-ring (bicyclic) bond motifs is 3. The number of halogens is 1. The van der Waals surface area contributed by atoms with E-state index in [1.54, 1.807) is 12.1 Å². The molecule has 5 rings (SSSR count). The molecular formula is C28H21BrN2O4. The quantitative estimate of drug-likeness (QED) is 0.277. The van der Waals surface area contributed by atoms with Crippen LogP contribution in [-0.2, 0) is 11.3 Å². The number of carboxylic acid groups (broad SMARTS) is 1. The molecule has 0 radical (unpaired) electrons. The molecule has 0 bridgehead atoms. The second kappa shape index (κ2) is 9.27. The summed E-state index contributed by atoms with van der Waals surface area (Å²) in [5, 5.41) is 10.6. The second-order valence-electron chi connectivity index (χ2n) is 8.16. The highest BCUT2D eigenvalue weighted by Gasteiger charge is 2.22. The Morgan fingerprint density at radius 1 is 0.857 bits per heavy atom. The van der Waals surface area contributed by atoms with Crippen LogP contribution in [0.25, 0.3) is 32.9 Å². The standard InChI is InChI=1S/C28H21BrN2O4/c29-21-11-5-4-9-18(21)15-31-22-12-6-10-20(28(30)34)26(22)27-23(31)13-19(17-7-2-1-3-8-17)14-24(27)35-16-25(32)33/h1-14H,15-16H2,(H2,30,34)(H,32,33). The molecule has 1 amide bonds. The minimum absolute atomic E-state index is 0.353. The van der Waals surface area contributed by atoms with Crippen LogP contribution < -0.4 is 10.5 Å². The Morgan fingerprint density at radius 2 is 1.60 bits per heavy atom. The van der Waals surface area contributed by atoms with E-state index in [1.165, 1.54) is 0 Å². The number of rotatable bonds is 7. The number of carbonyl (C=O) groups excluding carboxylic acids is 1. The van der Waals surface area contributed by atoms with Gasteiger partial charge in [-0.05, 0) is 47.0 Å². The van der Waals surface area contributed by atoms with Crippen LogP contribution >= 0.6 is 15.9 Å². The van der Waals surface area contributed by atoms with Gasteiger partial charge in [-0.1, -0.05) is 70.5 Å². The van der Waals surface area contributed by atoms with Crippen molar-refractivity contribution in [1.82, 2.24) is 4.57 Å². The first kappa shape index (κ1) is 22.7. The Morgan fingerprint density at radius 3 is 2.31 bits per heavy atom. The fraction of sp³-hybridized carbons (Fsp3) is 0.0714. The summed E-state index contributed by atoms with van der Waals surface area (Å²) in [5.41, 5.74) is 10.6. The number of hydrogen-bond acceptors (Lipinski definition) is 3. The van der Waals surface area contributed by atoms with Gasteiger partial charge in [0.1, 0.15) is 5.75 Å². The average Bonchev–Trinajstić information content (AvgIpc) is 3.18. The van der Waals surface area contributed by atoms with E-state index in [2.05, 4.69) is 20.5 Å². The van der Waals surface area contributed by atoms with E-state index in [1.807, 2.05) is 72.8 Å². The molecule has 0 fully saturated rings. The SMILES string of the molecule is NC(=O)c1cccc2c1c1c(OCC(=O)O)cc(-c3ccccc3)cc1n2Cc1ccccc1Br. The number of carbonyl (C=O) groups is 2. The van der Waals surface area contributed by atoms with E-state index < -0.39 is 18.5 Å². The van der Waals surface area contributed by atoms with E-state index in [9.17, 15) is 14.7 Å². The third-order valence-electron chi connectivity index (χ3n) is 5.97. The minimum atomic E-state index is -1.09. The Hall–Kier alpha value is -4.10. The lowest BCUT2D eigenvalue weighted by Crippen LogP contribution is -2.11. The van der Waals surface area contributed by atoms with Crippen molar-refractivity contribution in [3.05, 3.63) is 101 Å². The molecule has 35 heavy (non-hydrogen) atoms. The zero-order valence-corrected chi connectivity index (χ0v) is 20.2. The van der Waals surface area contributed by atoms with Crippen molar-refractivity contribution in [2.24, 2.45) is 5.73 Å². The highest BCUT2D eigenvalue weighted by atomic mass is 79.9. The molecule has 5 aromatic rings. The fourth-order valence-corrected chi connectivity index (χ4v) is 4.86. The van der Waals surface area contributed by atoms with Crippen LogP contribution in [0, 0.1) is 0 Å². The molecule has 0 unspecified atom stereocenters. The van der Waals surface area contributed by atoms with Gasteiger partial charge in [0, 0.05) is 22.0 Å². The van der Waals surface area contributed by atoms with Crippen molar-refractivity contribution in [3.8, 4) is 16.9 Å². The third-order valence-corrected chi connectivity index (χ3v) is 6.74. The number of primary amides is 1. The Bertz CT molecular complexity index is 1590. The van der Waals surface area contributed by atoms with E-state index in [-0.39, 0.29) is 0 Å². The number of amides is 1. The molecule has 0 atom stereocenters. The van der Waals surface area contributed by atoms with Gasteiger partial charge in [0.25, 0.3) is 0 Å². The molecule has 6 nitrogen and oxygen atoms in total. The Balaban J connectivity index is 1.88. The van der Waals surface area contributed by atoms with Crippen molar-refractivity contribution >= 4 is 49.6 Å². The maximum atomic E-state index is 12.4. The van der Waals surface area contributed by atoms with Gasteiger partial charge in [-0.25, -0.2) is 4.79 Å². The summed E-state index contributed by atoms with van der Waals surface area (Å²) in [6, 6.07) is 27.0. The Kier molecular flexibility index (Phi) is 6.01. The summed E-state index contributed by atoms with van der Waals surface area (Å²) in [6.45, 7) is 0.00321. The molecule has 0 aliphatic rings. The van der Waals surface area contributed by atoms with Crippen LogP contribution in [0.15, 0.2) is 89.4 Å². The number of aromatic nitrogens is 1. The predicted octanol–water partition coefficient (Wildman–Crippen LogP) is 5.83. The van der Waals surface area contributed by atoms with Gasteiger partial charge in [-0.3, -0.25) is 4.79 Å². The summed E-state index contributed by atoms with van der Waals surface area (Å²) in [5.74, 6) is -1.27. The normalized spacial score (nSPS) is 11.1. The van der Waals surface area contributed by atoms with E-state index in [4.69, 9.17) is 10.5 Å². The second-order valence-corrected chi connectivity index (χ2v) is 9.01. The van der Waals surface area contributed by atoms with Crippen molar-refractivity contribution in [3.63, 3.8) is 0 Å². The lowest BCUT2D eigenvalue weighted by atomic mass is 10.0. The smallest absolute Gasteiger partial charge is 0.341 e. The lowest BCUT2D eigenvalue weighted by Gasteiger charge is -2.13. The van der Waals surface area contributed by atoms with Crippen molar-refractivity contribution < 1.29 is 19.4 Å². The molecule has 4 aromatic carbocycles. The maximum absolute atomic E-state index is 12.4. The summed E-state index contributed by atoms with van der Waals surface area (Å²) in [6.07, 6.45) is 0. The molecular weight excluding hydrogens is 508 g/mol. The number of nitrogens with zero attached hydrogens (tertiary/aromatic N) is 1. The van der Waals surface area contributed by atoms with Crippen LogP contribution in [0.4, 0.5) is 0 Å². The van der Waals surface area contributed by atoms with Gasteiger partial charge in [0.05, 0.1) is 16.4 Å². The van der Waals surface area contributed by atoms with Gasteiger partial charge >= 0.3 is 5.97 Å². The van der Waals surface area contributed by atoms with Crippen LogP contribution in [0.2, 0.25) is 0 Å². The summed E-state index contributed by atoms with van der Waals surface area (Å²) >= 11 is 3.64. The summed E-state index contributed by atoms with van der Waals surface area (Å²) in [7, 11) is 0. The van der Waals surface area contributed by atoms with Gasteiger partial charge < -0.3 is 20.1 Å². The highest BCUT2D eigenvalue weighted by molar-refractivity contribution is 9.10. The first-order valence-corrected chi connectivity index (χ1v) is 11.8. The van der Waals surface area contributed by atoms with Gasteiger partial charge in [0.2, 0.25) is 5.91 Å². The number of hydrogen-bond donors (Lipinski definition) is 2. The molecule has 1 aromatic heterocycles. The molecule has 0 saturated heterocycles. The van der Waals surface area contributed by atoms with Crippen LogP contribution in [0.5, 0.6) is 5.75 Å². The monoisotopic (exact) mass is 528 g/mol. The number of ether oxygens (including phenoxy) is 1. The number of aliphatic carboxylic acids is 1. The number of carboxylic acids is 1. The lowest BCUT2D eigenvalue weighted by molar-refractivity contribution is -0.139. The molecule has 0 saturated carbocycles. The molecule has 0 aliphatic heterocycles. The van der Waals surface area contributed by atoms with E-state index >= 15 is 0 Å². The molecule has 0 aliphatic carbocycles. The van der Waals surface area contributed by atoms with Gasteiger partial charge in [-0.2, -0.15) is 0 Å². The first-order chi connectivity index (χ1) is 16.9. The number of nitrogens with two attached hydrogens (primary N) is 1. The minimum Gasteiger partial charge on any atom is -0.481 e. The molecule has 0 spiro atoms. The van der Waals surface area contributed by atoms with E-state index in [0.717, 1.165) is 32.2 Å². The Labute approximate surface area is 209 Å². The van der Waals surface area contributed by atoms with Crippen LogP contribution in [0.1, 0.15) is 15.9 Å². The molecule has 174 valence electrons. The molecule has 1 heterocycles. The zero-order valence-electron chi connectivity index (χ0n) is 18.6. The summed E-state index contributed by atoms with van der Waals surface area (Å²) < 4.78 is 8.87. The first-order valence-electron chi connectivity index (χ1n) is 11.0. The predicted molar refractivity (Wildman–Crippen MR) is 140 cm³/mol. The van der Waals surface area contributed by atoms with Crippen molar-refractivity contribution in [1.29, 1.82) is 0 Å². The van der Waals surface area contributed by atoms with Crippen LogP contribution in [-0.4, -0.2) is 28.2 Å². The molecule has 3 N–H and O–H groups in total. The van der Waals surface area contributed by atoms with Gasteiger partial charge in [0.15, 0.2) is 6.61 Å². The number of benzene rings is 4. The highest BCUT2D eigenvalue weighted by Crippen LogP contribution is 2.41. The third kappa shape index (κ3) is 4.26. The fourth-order valence-electron chi connectivity index (χ4n) is 4.45. The summed E-state index contributed by atoms with van der Waals surface area (Å²) in [4.78, 5) is 23.8. The zero-order chi connectivity index (χ0) is 24.5. The van der Waals surface area contributed by atoms with E-state index in [0.29, 0.717) is 28.6 Å². The van der Waals surface area contributed by atoms with Crippen molar-refractivity contribution in [2.75, 3.05) is 6.61 Å². The van der Waals surface area contributed by atoms with Crippen LogP contribution in [0.3, 0.4) is 0 Å². The maximum Gasteiger partial charge on any atom is 0.341 e. The topological polar surface area (TPSA) is 94.6 Å². The van der Waals surface area contributed by atoms with Gasteiger partial charge in [-0.15, -0.1) is 0 Å².